The van der Waals surface area contributed by atoms with E-state index in [0.29, 0.717) is 0 Å². The van der Waals surface area contributed by atoms with Crippen molar-refractivity contribution in [2.45, 2.75) is 82.4 Å². The first-order valence-electron chi connectivity index (χ1n) is 6.96. The van der Waals surface area contributed by atoms with Crippen LogP contribution in [-0.2, 0) is 0 Å². The van der Waals surface area contributed by atoms with Gasteiger partial charge in [0.2, 0.25) is 0 Å². The predicted molar refractivity (Wildman–Crippen MR) is 74.4 cm³/mol. The van der Waals surface area contributed by atoms with Crippen molar-refractivity contribution in [3.05, 3.63) is 0 Å². The Bertz CT molecular complexity index is 191. The summed E-state index contributed by atoms with van der Waals surface area (Å²) in [6.45, 7) is 4.50. The first kappa shape index (κ1) is 14.6. The van der Waals surface area contributed by atoms with E-state index in [1.807, 2.05) is 0 Å². The number of rotatable bonds is 6. The molecule has 1 rings (SSSR count). The maximum absolute atomic E-state index is 6.63. The minimum absolute atomic E-state index is 0.209. The summed E-state index contributed by atoms with van der Waals surface area (Å²) in [5, 5.41) is 0. The Hall–Kier alpha value is 0.580. The fourth-order valence-electron chi connectivity index (χ4n) is 3.03. The van der Waals surface area contributed by atoms with E-state index in [9.17, 15) is 0 Å². The highest BCUT2D eigenvalue weighted by Crippen LogP contribution is 2.56. The minimum atomic E-state index is -0.463. The van der Waals surface area contributed by atoms with E-state index in [1.165, 1.54) is 57.8 Å². The number of halogens is 2. The molecule has 1 aliphatic rings. The van der Waals surface area contributed by atoms with E-state index in [1.54, 1.807) is 0 Å². The topological polar surface area (TPSA) is 0 Å². The van der Waals surface area contributed by atoms with Gasteiger partial charge in [-0.2, -0.15) is 0 Å². The van der Waals surface area contributed by atoms with E-state index >= 15 is 0 Å². The second-order valence-electron chi connectivity index (χ2n) is 5.40. The lowest BCUT2D eigenvalue weighted by atomic mass is 9.67. The zero-order chi connectivity index (χ0) is 12.1. The summed E-state index contributed by atoms with van der Waals surface area (Å²) in [5.41, 5.74) is 0.209. The summed E-state index contributed by atoms with van der Waals surface area (Å²) >= 11 is 13.3. The van der Waals surface area contributed by atoms with Gasteiger partial charge in [0.05, 0.1) is 0 Å². The van der Waals surface area contributed by atoms with Crippen LogP contribution in [-0.4, -0.2) is 4.33 Å². The van der Waals surface area contributed by atoms with Crippen LogP contribution < -0.4 is 0 Å². The summed E-state index contributed by atoms with van der Waals surface area (Å²) in [4.78, 5) is 0. The fourth-order valence-corrected chi connectivity index (χ4v) is 3.86. The summed E-state index contributed by atoms with van der Waals surface area (Å²) in [7, 11) is 0. The molecule has 0 saturated heterocycles. The quantitative estimate of drug-likeness (QED) is 0.509. The molecule has 1 aliphatic carbocycles. The van der Waals surface area contributed by atoms with Crippen molar-refractivity contribution < 1.29 is 0 Å². The van der Waals surface area contributed by atoms with Crippen molar-refractivity contribution in [3.8, 4) is 0 Å². The Kier molecular flexibility index (Phi) is 5.94. The van der Waals surface area contributed by atoms with Gasteiger partial charge in [-0.15, -0.1) is 23.2 Å². The van der Waals surface area contributed by atoms with Gasteiger partial charge in [-0.3, -0.25) is 0 Å². The van der Waals surface area contributed by atoms with Gasteiger partial charge in [-0.05, 0) is 25.7 Å². The molecule has 0 aromatic heterocycles. The highest BCUT2D eigenvalue weighted by atomic mass is 35.5. The van der Waals surface area contributed by atoms with E-state index in [4.69, 9.17) is 23.2 Å². The molecule has 0 amide bonds. The van der Waals surface area contributed by atoms with Crippen LogP contribution in [0.25, 0.3) is 0 Å². The molecule has 0 aromatic carbocycles. The lowest BCUT2D eigenvalue weighted by Gasteiger charge is -2.47. The second-order valence-corrected chi connectivity index (χ2v) is 6.88. The van der Waals surface area contributed by atoms with Crippen LogP contribution in [0.2, 0.25) is 0 Å². The van der Waals surface area contributed by atoms with Crippen LogP contribution in [0.15, 0.2) is 0 Å². The molecule has 0 aromatic rings. The lowest BCUT2D eigenvalue weighted by Crippen LogP contribution is -2.42. The number of hydrogen-bond donors (Lipinski definition) is 0. The zero-order valence-corrected chi connectivity index (χ0v) is 12.3. The summed E-state index contributed by atoms with van der Waals surface area (Å²) in [6, 6.07) is 0. The van der Waals surface area contributed by atoms with Gasteiger partial charge < -0.3 is 0 Å². The summed E-state index contributed by atoms with van der Waals surface area (Å²) in [5.74, 6) is 0. The maximum atomic E-state index is 6.63. The van der Waals surface area contributed by atoms with Crippen molar-refractivity contribution in [2.75, 3.05) is 0 Å². The number of hydrogen-bond acceptors (Lipinski definition) is 0. The van der Waals surface area contributed by atoms with Crippen LogP contribution in [0.5, 0.6) is 0 Å². The molecule has 0 spiro atoms. The molecule has 0 aliphatic heterocycles. The van der Waals surface area contributed by atoms with Crippen molar-refractivity contribution in [2.24, 2.45) is 5.41 Å². The van der Waals surface area contributed by atoms with Gasteiger partial charge in [0.15, 0.2) is 0 Å². The van der Waals surface area contributed by atoms with Crippen molar-refractivity contribution in [1.29, 1.82) is 0 Å². The Labute approximate surface area is 111 Å². The van der Waals surface area contributed by atoms with Crippen LogP contribution in [0.4, 0.5) is 0 Å². The van der Waals surface area contributed by atoms with Gasteiger partial charge in [-0.1, -0.05) is 52.4 Å². The summed E-state index contributed by atoms with van der Waals surface area (Å²) in [6.07, 6.45) is 12.2. The maximum Gasteiger partial charge on any atom is 0.123 e. The average Bonchev–Trinajstić information content (AvgIpc) is 2.26. The highest BCUT2D eigenvalue weighted by molar-refractivity contribution is 6.49. The fraction of sp³-hybridized carbons (Fsp3) is 1.00. The molecular weight excluding hydrogens is 239 g/mol. The SMILES string of the molecule is CCCCC1(CCCC)CCCCC1(Cl)Cl. The molecule has 0 radical (unpaired) electrons. The van der Waals surface area contributed by atoms with Crippen molar-refractivity contribution in [3.63, 3.8) is 0 Å². The summed E-state index contributed by atoms with van der Waals surface area (Å²) < 4.78 is -0.463. The number of unbranched alkanes of at least 4 members (excludes halogenated alkanes) is 2. The smallest absolute Gasteiger partial charge is 0.101 e. The van der Waals surface area contributed by atoms with Gasteiger partial charge in [0.1, 0.15) is 4.33 Å². The number of alkyl halides is 2. The Morgan fingerprint density at radius 3 is 1.81 bits per heavy atom. The van der Waals surface area contributed by atoms with Crippen LogP contribution >= 0.6 is 23.2 Å². The molecular formula is C14H26Cl2. The van der Waals surface area contributed by atoms with Gasteiger partial charge in [0, 0.05) is 5.41 Å². The molecule has 0 N–H and O–H groups in total. The molecule has 0 unspecified atom stereocenters. The molecule has 0 bridgehead atoms. The molecule has 1 fully saturated rings. The van der Waals surface area contributed by atoms with E-state index < -0.39 is 4.33 Å². The molecule has 2 heteroatoms. The van der Waals surface area contributed by atoms with Gasteiger partial charge in [-0.25, -0.2) is 0 Å². The third-order valence-corrected chi connectivity index (χ3v) is 5.37. The molecule has 16 heavy (non-hydrogen) atoms. The predicted octanol–water partition coefficient (Wildman–Crippen LogP) is 6.10. The highest BCUT2D eigenvalue weighted by Gasteiger charge is 2.49. The Balaban J connectivity index is 2.73. The third kappa shape index (κ3) is 3.29. The van der Waals surface area contributed by atoms with E-state index in [0.717, 1.165) is 6.42 Å². The van der Waals surface area contributed by atoms with Crippen LogP contribution in [0, 0.1) is 5.41 Å². The standard InChI is InChI=1S/C14H26Cl2/c1-3-5-9-13(10-6-4-2)11-7-8-12-14(13,15)16/h3-12H2,1-2H3. The van der Waals surface area contributed by atoms with Crippen LogP contribution in [0.3, 0.4) is 0 Å². The van der Waals surface area contributed by atoms with E-state index in [2.05, 4.69) is 13.8 Å². The lowest BCUT2D eigenvalue weighted by molar-refractivity contribution is 0.134. The molecule has 0 heterocycles. The molecule has 0 nitrogen and oxygen atoms in total. The second kappa shape index (κ2) is 6.50. The molecule has 0 atom stereocenters. The third-order valence-electron chi connectivity index (χ3n) is 4.19. The molecule has 1 saturated carbocycles. The first-order chi connectivity index (χ1) is 7.58. The van der Waals surface area contributed by atoms with Crippen molar-refractivity contribution >= 4 is 23.2 Å². The van der Waals surface area contributed by atoms with Crippen molar-refractivity contribution in [1.82, 2.24) is 0 Å². The van der Waals surface area contributed by atoms with Gasteiger partial charge in [0.25, 0.3) is 0 Å². The minimum Gasteiger partial charge on any atom is -0.101 e. The van der Waals surface area contributed by atoms with Crippen LogP contribution in [0.1, 0.15) is 78.1 Å². The first-order valence-corrected chi connectivity index (χ1v) is 7.71. The average molecular weight is 265 g/mol. The largest absolute Gasteiger partial charge is 0.123 e. The zero-order valence-electron chi connectivity index (χ0n) is 10.8. The van der Waals surface area contributed by atoms with E-state index in [-0.39, 0.29) is 5.41 Å². The molecule has 96 valence electrons. The monoisotopic (exact) mass is 264 g/mol. The Morgan fingerprint density at radius 1 is 0.875 bits per heavy atom. The van der Waals surface area contributed by atoms with Gasteiger partial charge >= 0.3 is 0 Å². The normalized spacial score (nSPS) is 23.2. The Morgan fingerprint density at radius 2 is 1.38 bits per heavy atom.